The van der Waals surface area contributed by atoms with Gasteiger partial charge in [0.1, 0.15) is 13.2 Å². The number of carbonyl (C=O) groups excluding carboxylic acids is 2. The minimum atomic E-state index is -0.665. The molecule has 2 aromatic rings. The van der Waals surface area contributed by atoms with Gasteiger partial charge in [-0.15, -0.1) is 0 Å². The Morgan fingerprint density at radius 3 is 2.44 bits per heavy atom. The van der Waals surface area contributed by atoms with Gasteiger partial charge >= 0.3 is 5.97 Å². The van der Waals surface area contributed by atoms with Crippen LogP contribution < -0.4 is 14.8 Å². The van der Waals surface area contributed by atoms with Crippen LogP contribution in [0.3, 0.4) is 0 Å². The molecule has 142 valence electrons. The van der Waals surface area contributed by atoms with Crippen molar-refractivity contribution in [1.29, 1.82) is 0 Å². The SMILES string of the molecule is O=C(COC(=O)c1cc(Cl)cc(Cl)c1)NCCc1ccc2c(c1)OCCO2. The number of nitrogens with one attached hydrogen (secondary N) is 1. The van der Waals surface area contributed by atoms with E-state index >= 15 is 0 Å². The van der Waals surface area contributed by atoms with E-state index in [4.69, 9.17) is 37.4 Å². The molecule has 6 nitrogen and oxygen atoms in total. The summed E-state index contributed by atoms with van der Waals surface area (Å²) in [5.74, 6) is 0.372. The number of esters is 1. The minimum absolute atomic E-state index is 0.191. The van der Waals surface area contributed by atoms with Crippen molar-refractivity contribution in [3.63, 3.8) is 0 Å². The van der Waals surface area contributed by atoms with Crippen molar-refractivity contribution in [2.75, 3.05) is 26.4 Å². The number of rotatable bonds is 6. The van der Waals surface area contributed by atoms with Crippen LogP contribution in [0.2, 0.25) is 10.0 Å². The molecule has 1 aliphatic rings. The zero-order valence-electron chi connectivity index (χ0n) is 14.3. The van der Waals surface area contributed by atoms with Crippen LogP contribution in [-0.4, -0.2) is 38.2 Å². The molecule has 27 heavy (non-hydrogen) atoms. The summed E-state index contributed by atoms with van der Waals surface area (Å²) in [5.41, 5.74) is 1.20. The maximum atomic E-state index is 11.9. The molecule has 0 atom stereocenters. The number of fused-ring (bicyclic) bond motifs is 1. The van der Waals surface area contributed by atoms with Gasteiger partial charge in [-0.2, -0.15) is 0 Å². The average Bonchev–Trinajstić information content (AvgIpc) is 2.65. The normalized spacial score (nSPS) is 12.4. The lowest BCUT2D eigenvalue weighted by molar-refractivity contribution is -0.124. The summed E-state index contributed by atoms with van der Waals surface area (Å²) in [7, 11) is 0. The molecule has 1 amide bonds. The molecular weight excluding hydrogens is 393 g/mol. The number of ether oxygens (including phenoxy) is 3. The van der Waals surface area contributed by atoms with Crippen molar-refractivity contribution >= 4 is 35.1 Å². The van der Waals surface area contributed by atoms with E-state index in [1.54, 1.807) is 0 Å². The van der Waals surface area contributed by atoms with Crippen LogP contribution in [0.15, 0.2) is 36.4 Å². The molecule has 0 bridgehead atoms. The third-order valence-electron chi connectivity index (χ3n) is 3.78. The Kier molecular flexibility index (Phi) is 6.42. The topological polar surface area (TPSA) is 73.9 Å². The molecule has 0 unspecified atom stereocenters. The van der Waals surface area contributed by atoms with Gasteiger partial charge in [-0.1, -0.05) is 29.3 Å². The zero-order chi connectivity index (χ0) is 19.2. The Labute approximate surface area is 166 Å². The Bertz CT molecular complexity index is 836. The molecule has 0 radical (unpaired) electrons. The van der Waals surface area contributed by atoms with Crippen LogP contribution in [0.1, 0.15) is 15.9 Å². The molecule has 0 saturated heterocycles. The van der Waals surface area contributed by atoms with E-state index in [1.165, 1.54) is 18.2 Å². The molecule has 0 spiro atoms. The van der Waals surface area contributed by atoms with Crippen LogP contribution in [0.25, 0.3) is 0 Å². The molecular formula is C19H17Cl2NO5. The molecule has 1 N–H and O–H groups in total. The molecule has 1 aliphatic heterocycles. The van der Waals surface area contributed by atoms with Crippen molar-refractivity contribution < 1.29 is 23.8 Å². The first-order valence-corrected chi connectivity index (χ1v) is 9.05. The number of hydrogen-bond donors (Lipinski definition) is 1. The summed E-state index contributed by atoms with van der Waals surface area (Å²) < 4.78 is 16.0. The van der Waals surface area contributed by atoms with Gasteiger partial charge in [-0.25, -0.2) is 4.79 Å². The molecule has 0 fully saturated rings. The smallest absolute Gasteiger partial charge is 0.338 e. The minimum Gasteiger partial charge on any atom is -0.486 e. The fourth-order valence-corrected chi connectivity index (χ4v) is 3.05. The highest BCUT2D eigenvalue weighted by molar-refractivity contribution is 6.35. The lowest BCUT2D eigenvalue weighted by Gasteiger charge is -2.18. The van der Waals surface area contributed by atoms with E-state index in [-0.39, 0.29) is 12.2 Å². The van der Waals surface area contributed by atoms with Gasteiger partial charge in [0.05, 0.1) is 5.56 Å². The Morgan fingerprint density at radius 2 is 1.70 bits per heavy atom. The van der Waals surface area contributed by atoms with E-state index in [1.807, 2.05) is 18.2 Å². The number of hydrogen-bond acceptors (Lipinski definition) is 5. The van der Waals surface area contributed by atoms with Crippen molar-refractivity contribution in [2.45, 2.75) is 6.42 Å². The van der Waals surface area contributed by atoms with Gasteiger partial charge in [-0.3, -0.25) is 4.79 Å². The molecule has 0 aromatic heterocycles. The Balaban J connectivity index is 1.42. The van der Waals surface area contributed by atoms with Crippen molar-refractivity contribution in [3.8, 4) is 11.5 Å². The van der Waals surface area contributed by atoms with E-state index in [0.717, 1.165) is 11.3 Å². The first-order chi connectivity index (χ1) is 13.0. The van der Waals surface area contributed by atoms with Gasteiger partial charge < -0.3 is 19.5 Å². The Hall–Kier alpha value is -2.44. The van der Waals surface area contributed by atoms with Crippen LogP contribution in [0.5, 0.6) is 11.5 Å². The lowest BCUT2D eigenvalue weighted by Crippen LogP contribution is -2.30. The van der Waals surface area contributed by atoms with Gasteiger partial charge in [0.2, 0.25) is 0 Å². The fourth-order valence-electron chi connectivity index (χ4n) is 2.53. The highest BCUT2D eigenvalue weighted by Crippen LogP contribution is 2.30. The third kappa shape index (κ3) is 5.52. The quantitative estimate of drug-likeness (QED) is 0.740. The second kappa shape index (κ2) is 8.97. The highest BCUT2D eigenvalue weighted by atomic mass is 35.5. The molecule has 2 aromatic carbocycles. The molecule has 0 aliphatic carbocycles. The van der Waals surface area contributed by atoms with Crippen molar-refractivity contribution in [2.24, 2.45) is 0 Å². The molecule has 3 rings (SSSR count). The van der Waals surface area contributed by atoms with Crippen LogP contribution >= 0.6 is 23.2 Å². The summed E-state index contributed by atoms with van der Waals surface area (Å²) >= 11 is 11.7. The van der Waals surface area contributed by atoms with E-state index in [2.05, 4.69) is 5.32 Å². The monoisotopic (exact) mass is 409 g/mol. The molecule has 1 heterocycles. The van der Waals surface area contributed by atoms with Crippen LogP contribution in [-0.2, 0) is 16.0 Å². The highest BCUT2D eigenvalue weighted by Gasteiger charge is 2.13. The number of halogens is 2. The predicted molar refractivity (Wildman–Crippen MR) is 101 cm³/mol. The summed E-state index contributed by atoms with van der Waals surface area (Å²) in [6.45, 7) is 1.09. The zero-order valence-corrected chi connectivity index (χ0v) is 15.8. The van der Waals surface area contributed by atoms with Crippen molar-refractivity contribution in [3.05, 3.63) is 57.6 Å². The standard InChI is InChI=1S/C19H17Cl2NO5/c20-14-8-13(9-15(21)10-14)19(24)27-11-18(23)22-4-3-12-1-2-16-17(7-12)26-6-5-25-16/h1-2,7-10H,3-6,11H2,(H,22,23). The number of amides is 1. The summed E-state index contributed by atoms with van der Waals surface area (Å²) in [5, 5.41) is 3.34. The van der Waals surface area contributed by atoms with E-state index in [9.17, 15) is 9.59 Å². The Morgan fingerprint density at radius 1 is 1.00 bits per heavy atom. The fraction of sp³-hybridized carbons (Fsp3) is 0.263. The van der Waals surface area contributed by atoms with Gasteiger partial charge in [0, 0.05) is 16.6 Å². The summed E-state index contributed by atoms with van der Waals surface area (Å²) in [4.78, 5) is 23.8. The first-order valence-electron chi connectivity index (χ1n) is 8.30. The summed E-state index contributed by atoms with van der Waals surface area (Å²) in [6, 6.07) is 10.0. The maximum absolute atomic E-state index is 11.9. The van der Waals surface area contributed by atoms with E-state index in [0.29, 0.717) is 42.0 Å². The second-order valence-electron chi connectivity index (χ2n) is 5.81. The first kappa shape index (κ1) is 19.3. The number of benzene rings is 2. The molecule has 8 heteroatoms. The van der Waals surface area contributed by atoms with Crippen LogP contribution in [0.4, 0.5) is 0 Å². The van der Waals surface area contributed by atoms with Gasteiger partial charge in [-0.05, 0) is 42.3 Å². The average molecular weight is 410 g/mol. The maximum Gasteiger partial charge on any atom is 0.338 e. The van der Waals surface area contributed by atoms with Crippen molar-refractivity contribution in [1.82, 2.24) is 5.32 Å². The summed E-state index contributed by atoms with van der Waals surface area (Å²) in [6.07, 6.45) is 0.611. The van der Waals surface area contributed by atoms with E-state index < -0.39 is 11.9 Å². The number of carbonyl (C=O) groups is 2. The second-order valence-corrected chi connectivity index (χ2v) is 6.69. The van der Waals surface area contributed by atoms with Crippen LogP contribution in [0, 0.1) is 0 Å². The molecule has 0 saturated carbocycles. The van der Waals surface area contributed by atoms with Gasteiger partial charge in [0.15, 0.2) is 18.1 Å². The largest absolute Gasteiger partial charge is 0.486 e. The van der Waals surface area contributed by atoms with Gasteiger partial charge in [0.25, 0.3) is 5.91 Å². The third-order valence-corrected chi connectivity index (χ3v) is 4.21. The predicted octanol–water partition coefficient (Wildman–Crippen LogP) is 3.28. The lowest BCUT2D eigenvalue weighted by atomic mass is 10.1.